The first-order valence-electron chi connectivity index (χ1n) is 10.8. The lowest BCUT2D eigenvalue weighted by Gasteiger charge is -2.38. The van der Waals surface area contributed by atoms with E-state index in [0.29, 0.717) is 11.8 Å². The topological polar surface area (TPSA) is 63.1 Å². The lowest BCUT2D eigenvalue weighted by molar-refractivity contribution is -0.138. The van der Waals surface area contributed by atoms with Crippen molar-refractivity contribution >= 4 is 18.3 Å². The predicted molar refractivity (Wildman–Crippen MR) is 114 cm³/mol. The van der Waals surface area contributed by atoms with Crippen molar-refractivity contribution in [3.63, 3.8) is 0 Å². The van der Waals surface area contributed by atoms with Crippen molar-refractivity contribution < 1.29 is 4.79 Å². The molecule has 1 aromatic heterocycles. The van der Waals surface area contributed by atoms with Crippen LogP contribution in [0.2, 0.25) is 0 Å². The van der Waals surface area contributed by atoms with Gasteiger partial charge in [0.1, 0.15) is 11.6 Å². The van der Waals surface area contributed by atoms with E-state index in [2.05, 4.69) is 49.2 Å². The summed E-state index contributed by atoms with van der Waals surface area (Å²) in [5, 5.41) is 12.2. The van der Waals surface area contributed by atoms with Crippen LogP contribution in [0.1, 0.15) is 61.7 Å². The zero-order valence-electron chi connectivity index (χ0n) is 16.8. The van der Waals surface area contributed by atoms with E-state index in [0.717, 1.165) is 82.9 Å². The second-order valence-electron chi connectivity index (χ2n) is 8.52. The number of nitrogens with one attached hydrogen (secondary N) is 1. The molecule has 0 bridgehead atoms. The van der Waals surface area contributed by atoms with Gasteiger partial charge in [0.05, 0.1) is 12.0 Å². The van der Waals surface area contributed by atoms with Gasteiger partial charge in [-0.05, 0) is 31.2 Å². The van der Waals surface area contributed by atoms with Gasteiger partial charge in [0.15, 0.2) is 0 Å². The third-order valence-electron chi connectivity index (χ3n) is 6.99. The normalized spacial score (nSPS) is 21.4. The standard InChI is InChI=1S/C22H29N5O.ClH/c28-21(22(10-4-5-11-22)18-6-2-1-3-7-18)26-13-8-17(9-14-26)20-25-24-19-16-23-12-15-27(19)20;/h1-3,6-7,17,23H,4-5,8-16H2;1H. The van der Waals surface area contributed by atoms with E-state index in [4.69, 9.17) is 0 Å². The molecule has 1 saturated carbocycles. The largest absolute Gasteiger partial charge is 0.342 e. The molecule has 156 valence electrons. The summed E-state index contributed by atoms with van der Waals surface area (Å²) in [7, 11) is 0. The van der Waals surface area contributed by atoms with E-state index in [1.54, 1.807) is 0 Å². The van der Waals surface area contributed by atoms with Crippen molar-refractivity contribution in [1.29, 1.82) is 0 Å². The van der Waals surface area contributed by atoms with E-state index in [9.17, 15) is 4.79 Å². The van der Waals surface area contributed by atoms with Gasteiger partial charge in [0, 0.05) is 32.1 Å². The first kappa shape index (κ1) is 20.4. The average molecular weight is 416 g/mol. The number of aromatic nitrogens is 3. The molecular weight excluding hydrogens is 386 g/mol. The number of hydrogen-bond acceptors (Lipinski definition) is 4. The highest BCUT2D eigenvalue weighted by molar-refractivity contribution is 5.88. The number of nitrogens with zero attached hydrogens (tertiary/aromatic N) is 4. The molecule has 5 rings (SSSR count). The summed E-state index contributed by atoms with van der Waals surface area (Å²) in [4.78, 5) is 15.8. The summed E-state index contributed by atoms with van der Waals surface area (Å²) >= 11 is 0. The van der Waals surface area contributed by atoms with Crippen LogP contribution in [0, 0.1) is 0 Å². The number of amides is 1. The van der Waals surface area contributed by atoms with Crippen molar-refractivity contribution in [2.75, 3.05) is 19.6 Å². The second kappa shape index (κ2) is 8.44. The van der Waals surface area contributed by atoms with Crippen molar-refractivity contribution in [2.24, 2.45) is 0 Å². The second-order valence-corrected chi connectivity index (χ2v) is 8.52. The maximum absolute atomic E-state index is 13.6. The molecule has 0 spiro atoms. The van der Waals surface area contributed by atoms with Crippen LogP contribution in [0.4, 0.5) is 0 Å². The van der Waals surface area contributed by atoms with Gasteiger partial charge in [-0.2, -0.15) is 0 Å². The highest BCUT2D eigenvalue weighted by Crippen LogP contribution is 2.43. The molecule has 3 heterocycles. The van der Waals surface area contributed by atoms with E-state index in [1.165, 1.54) is 5.56 Å². The molecule has 2 fully saturated rings. The Morgan fingerprint density at radius 2 is 1.76 bits per heavy atom. The molecule has 3 aliphatic rings. The number of halogens is 1. The van der Waals surface area contributed by atoms with E-state index >= 15 is 0 Å². The molecule has 1 saturated heterocycles. The number of fused-ring (bicyclic) bond motifs is 1. The van der Waals surface area contributed by atoms with Crippen LogP contribution >= 0.6 is 12.4 Å². The molecule has 0 unspecified atom stereocenters. The lowest BCUT2D eigenvalue weighted by atomic mass is 9.77. The van der Waals surface area contributed by atoms with Crippen LogP contribution < -0.4 is 5.32 Å². The monoisotopic (exact) mass is 415 g/mol. The van der Waals surface area contributed by atoms with Crippen LogP contribution in [0.15, 0.2) is 30.3 Å². The Morgan fingerprint density at radius 3 is 2.48 bits per heavy atom. The Balaban J connectivity index is 0.00000205. The molecule has 2 aromatic rings. The number of benzene rings is 1. The fraction of sp³-hybridized carbons (Fsp3) is 0.591. The summed E-state index contributed by atoms with van der Waals surface area (Å²) in [6.07, 6.45) is 6.25. The lowest BCUT2D eigenvalue weighted by Crippen LogP contribution is -2.48. The molecule has 0 atom stereocenters. The van der Waals surface area contributed by atoms with Crippen LogP contribution in [0.3, 0.4) is 0 Å². The van der Waals surface area contributed by atoms with Gasteiger partial charge in [-0.1, -0.05) is 43.2 Å². The van der Waals surface area contributed by atoms with Gasteiger partial charge in [-0.25, -0.2) is 0 Å². The molecule has 6 nitrogen and oxygen atoms in total. The van der Waals surface area contributed by atoms with Crippen LogP contribution in [0.25, 0.3) is 0 Å². The molecule has 2 aliphatic heterocycles. The zero-order valence-corrected chi connectivity index (χ0v) is 17.7. The van der Waals surface area contributed by atoms with Gasteiger partial charge in [-0.3, -0.25) is 4.79 Å². The van der Waals surface area contributed by atoms with Crippen molar-refractivity contribution in [1.82, 2.24) is 25.0 Å². The Bertz CT molecular complexity index is 838. The fourth-order valence-corrected chi connectivity index (χ4v) is 5.42. The van der Waals surface area contributed by atoms with Gasteiger partial charge in [0.2, 0.25) is 5.91 Å². The summed E-state index contributed by atoms with van der Waals surface area (Å²) in [5.41, 5.74) is 0.909. The van der Waals surface area contributed by atoms with Crippen molar-refractivity contribution in [3.8, 4) is 0 Å². The average Bonchev–Trinajstić information content (AvgIpc) is 3.42. The molecule has 1 aromatic carbocycles. The molecule has 1 N–H and O–H groups in total. The maximum Gasteiger partial charge on any atom is 0.233 e. The summed E-state index contributed by atoms with van der Waals surface area (Å²) in [6, 6.07) is 10.5. The Morgan fingerprint density at radius 1 is 1.03 bits per heavy atom. The number of likely N-dealkylation sites (tertiary alicyclic amines) is 1. The highest BCUT2D eigenvalue weighted by atomic mass is 35.5. The molecule has 7 heteroatoms. The highest BCUT2D eigenvalue weighted by Gasteiger charge is 2.45. The van der Waals surface area contributed by atoms with Crippen molar-refractivity contribution in [2.45, 2.75) is 62.9 Å². The maximum atomic E-state index is 13.6. The van der Waals surface area contributed by atoms with Crippen molar-refractivity contribution in [3.05, 3.63) is 47.5 Å². The number of rotatable bonds is 3. The Hall–Kier alpha value is -1.92. The molecule has 0 radical (unpaired) electrons. The molecule has 1 amide bonds. The summed E-state index contributed by atoms with van der Waals surface area (Å²) < 4.78 is 2.29. The third kappa shape index (κ3) is 3.57. The summed E-state index contributed by atoms with van der Waals surface area (Å²) in [6.45, 7) is 4.41. The minimum absolute atomic E-state index is 0. The van der Waals surface area contributed by atoms with Crippen LogP contribution in [-0.2, 0) is 23.3 Å². The third-order valence-corrected chi connectivity index (χ3v) is 6.99. The number of hydrogen-bond donors (Lipinski definition) is 1. The SMILES string of the molecule is Cl.O=C(N1CCC(c2nnc3n2CCNC3)CC1)C1(c2ccccc2)CCCC1. The quantitative estimate of drug-likeness (QED) is 0.836. The van der Waals surface area contributed by atoms with Gasteiger partial charge < -0.3 is 14.8 Å². The number of carbonyl (C=O) groups excluding carboxylic acids is 1. The first-order chi connectivity index (χ1) is 13.8. The Labute approximate surface area is 178 Å². The fourth-order valence-electron chi connectivity index (χ4n) is 5.42. The van der Waals surface area contributed by atoms with Crippen LogP contribution in [-0.4, -0.2) is 45.2 Å². The van der Waals surface area contributed by atoms with Gasteiger partial charge in [-0.15, -0.1) is 22.6 Å². The minimum atomic E-state index is -0.298. The molecular formula is C22H30ClN5O. The smallest absolute Gasteiger partial charge is 0.233 e. The molecule has 29 heavy (non-hydrogen) atoms. The van der Waals surface area contributed by atoms with E-state index in [1.807, 2.05) is 6.07 Å². The summed E-state index contributed by atoms with van der Waals surface area (Å²) in [5.74, 6) is 2.94. The predicted octanol–water partition coefficient (Wildman–Crippen LogP) is 3.02. The molecule has 1 aliphatic carbocycles. The Kier molecular flexibility index (Phi) is 5.93. The van der Waals surface area contributed by atoms with Gasteiger partial charge >= 0.3 is 0 Å². The van der Waals surface area contributed by atoms with E-state index in [-0.39, 0.29) is 17.8 Å². The van der Waals surface area contributed by atoms with Gasteiger partial charge in [0.25, 0.3) is 0 Å². The zero-order chi connectivity index (χ0) is 19.0. The number of carbonyl (C=O) groups is 1. The van der Waals surface area contributed by atoms with E-state index < -0.39 is 0 Å². The number of piperidine rings is 1. The minimum Gasteiger partial charge on any atom is -0.342 e. The first-order valence-corrected chi connectivity index (χ1v) is 10.8. The van der Waals surface area contributed by atoms with Crippen LogP contribution in [0.5, 0.6) is 0 Å².